The molecule has 6 heteroatoms. The van der Waals surface area contributed by atoms with Crippen LogP contribution in [0.2, 0.25) is 0 Å². The molecule has 0 fully saturated rings. The van der Waals surface area contributed by atoms with Gasteiger partial charge >= 0.3 is 0 Å². The van der Waals surface area contributed by atoms with E-state index < -0.39 is 11.7 Å². The Kier molecular flexibility index (Phi) is 4.57. The molecule has 2 aromatic carbocycles. The summed E-state index contributed by atoms with van der Waals surface area (Å²) in [6.45, 7) is 0.554. The molecule has 1 heterocycles. The van der Waals surface area contributed by atoms with Crippen molar-refractivity contribution in [2.45, 2.75) is 13.0 Å². The number of aromatic nitrogens is 2. The third kappa shape index (κ3) is 3.56. The average Bonchev–Trinajstić information content (AvgIpc) is 3.04. The van der Waals surface area contributed by atoms with Gasteiger partial charge in [0, 0.05) is 24.9 Å². The van der Waals surface area contributed by atoms with Gasteiger partial charge in [-0.3, -0.25) is 4.79 Å². The van der Waals surface area contributed by atoms with Crippen LogP contribution >= 0.6 is 0 Å². The smallest absolute Gasteiger partial charge is 0.251 e. The van der Waals surface area contributed by atoms with E-state index in [0.29, 0.717) is 24.1 Å². The van der Waals surface area contributed by atoms with Crippen LogP contribution in [-0.2, 0) is 13.0 Å². The summed E-state index contributed by atoms with van der Waals surface area (Å²) in [5.74, 6) is -1.38. The third-order valence-corrected chi connectivity index (χ3v) is 3.95. The normalized spacial score (nSPS) is 10.4. The van der Waals surface area contributed by atoms with Gasteiger partial charge in [0.1, 0.15) is 5.82 Å². The summed E-state index contributed by atoms with van der Waals surface area (Å²) in [6.07, 6.45) is 3.63. The van der Waals surface area contributed by atoms with Gasteiger partial charge in [-0.05, 0) is 29.3 Å². The molecule has 1 aromatic heterocycles. The monoisotopic (exact) mass is 334 g/mol. The van der Waals surface area contributed by atoms with Crippen LogP contribution in [0, 0.1) is 17.1 Å². The van der Waals surface area contributed by atoms with Crippen LogP contribution in [-0.4, -0.2) is 15.5 Å². The molecule has 2 N–H and O–H groups in total. The average molecular weight is 334 g/mol. The highest BCUT2D eigenvalue weighted by Gasteiger charge is 2.14. The first kappa shape index (κ1) is 16.4. The van der Waals surface area contributed by atoms with Gasteiger partial charge in [0.2, 0.25) is 0 Å². The third-order valence-electron chi connectivity index (χ3n) is 3.95. The Morgan fingerprint density at radius 1 is 1.24 bits per heavy atom. The number of nitrogens with zero attached hydrogens (tertiary/aromatic N) is 3. The number of amides is 1. The molecule has 0 aliphatic heterocycles. The van der Waals surface area contributed by atoms with Gasteiger partial charge in [-0.2, -0.15) is 5.26 Å². The number of carbonyl (C=O) groups excluding carboxylic acids is 1. The number of hydrogen-bond donors (Lipinski definition) is 1. The van der Waals surface area contributed by atoms with E-state index in [0.717, 1.165) is 11.3 Å². The first-order valence-electron chi connectivity index (χ1n) is 7.63. The van der Waals surface area contributed by atoms with Crippen LogP contribution in [0.4, 0.5) is 4.39 Å². The summed E-state index contributed by atoms with van der Waals surface area (Å²) < 4.78 is 16.3. The summed E-state index contributed by atoms with van der Waals surface area (Å²) in [5.41, 5.74) is 7.88. The predicted molar refractivity (Wildman–Crippen MR) is 90.2 cm³/mol. The molecule has 0 spiro atoms. The van der Waals surface area contributed by atoms with Gasteiger partial charge in [0.05, 0.1) is 23.5 Å². The molecule has 0 saturated heterocycles. The van der Waals surface area contributed by atoms with E-state index in [1.54, 1.807) is 36.8 Å². The Bertz CT molecular complexity index is 954. The topological polar surface area (TPSA) is 84.7 Å². The number of benzene rings is 2. The highest BCUT2D eigenvalue weighted by molar-refractivity contribution is 5.93. The van der Waals surface area contributed by atoms with Crippen molar-refractivity contribution in [2.24, 2.45) is 5.73 Å². The molecule has 0 bridgehead atoms. The van der Waals surface area contributed by atoms with Gasteiger partial charge in [-0.1, -0.05) is 24.3 Å². The van der Waals surface area contributed by atoms with Gasteiger partial charge in [-0.15, -0.1) is 0 Å². The van der Waals surface area contributed by atoms with E-state index in [1.165, 1.54) is 6.07 Å². The quantitative estimate of drug-likeness (QED) is 0.778. The van der Waals surface area contributed by atoms with E-state index >= 15 is 0 Å². The minimum absolute atomic E-state index is 0.115. The summed E-state index contributed by atoms with van der Waals surface area (Å²) in [4.78, 5) is 15.4. The van der Waals surface area contributed by atoms with E-state index in [2.05, 4.69) is 11.1 Å². The molecular weight excluding hydrogens is 319 g/mol. The lowest BCUT2D eigenvalue weighted by molar-refractivity contribution is 0.0996. The first-order chi connectivity index (χ1) is 12.1. The Hall–Kier alpha value is -3.46. The zero-order valence-corrected chi connectivity index (χ0v) is 13.3. The number of halogens is 1. The van der Waals surface area contributed by atoms with Gasteiger partial charge < -0.3 is 10.3 Å². The summed E-state index contributed by atoms with van der Waals surface area (Å²) in [7, 11) is 0. The summed E-state index contributed by atoms with van der Waals surface area (Å²) in [5, 5.41) is 8.85. The fourth-order valence-corrected chi connectivity index (χ4v) is 2.62. The SMILES string of the molecule is N#Cc1ccc(Cn2cncc2Cc2cccc(C(N)=O)c2F)cc1. The second-order valence-electron chi connectivity index (χ2n) is 5.64. The van der Waals surface area contributed by atoms with E-state index in [9.17, 15) is 9.18 Å². The van der Waals surface area contributed by atoms with Gasteiger partial charge in [-0.25, -0.2) is 9.37 Å². The van der Waals surface area contributed by atoms with Crippen molar-refractivity contribution >= 4 is 5.91 Å². The molecule has 1 amide bonds. The number of carbonyl (C=O) groups is 1. The lowest BCUT2D eigenvalue weighted by Gasteiger charge is -2.10. The highest BCUT2D eigenvalue weighted by atomic mass is 19.1. The van der Waals surface area contributed by atoms with Gasteiger partial charge in [0.15, 0.2) is 0 Å². The number of rotatable bonds is 5. The molecule has 0 unspecified atom stereocenters. The Balaban J connectivity index is 1.84. The van der Waals surface area contributed by atoms with E-state index in [1.807, 2.05) is 16.7 Å². The van der Waals surface area contributed by atoms with Crippen molar-refractivity contribution in [3.63, 3.8) is 0 Å². The molecule has 0 aliphatic carbocycles. The largest absolute Gasteiger partial charge is 0.366 e. The van der Waals surface area contributed by atoms with Crippen molar-refractivity contribution in [3.8, 4) is 6.07 Å². The minimum atomic E-state index is -0.787. The molecular formula is C19H15FN4O. The molecule has 0 aliphatic rings. The van der Waals surface area contributed by atoms with Crippen molar-refractivity contribution in [1.82, 2.24) is 9.55 Å². The number of nitrogens with two attached hydrogens (primary N) is 1. The van der Waals surface area contributed by atoms with Crippen LogP contribution in [0.25, 0.3) is 0 Å². The molecule has 5 nitrogen and oxygen atoms in total. The van der Waals surface area contributed by atoms with Gasteiger partial charge in [0.25, 0.3) is 5.91 Å². The maximum absolute atomic E-state index is 14.4. The van der Waals surface area contributed by atoms with Crippen molar-refractivity contribution in [1.29, 1.82) is 5.26 Å². The Labute approximate surface area is 144 Å². The maximum Gasteiger partial charge on any atom is 0.251 e. The second-order valence-corrected chi connectivity index (χ2v) is 5.64. The Morgan fingerprint density at radius 2 is 2.00 bits per heavy atom. The van der Waals surface area contributed by atoms with Crippen LogP contribution in [0.15, 0.2) is 55.0 Å². The fourth-order valence-electron chi connectivity index (χ4n) is 2.62. The lowest BCUT2D eigenvalue weighted by atomic mass is 10.0. The Morgan fingerprint density at radius 3 is 2.68 bits per heavy atom. The number of nitriles is 1. The summed E-state index contributed by atoms with van der Waals surface area (Å²) >= 11 is 0. The highest BCUT2D eigenvalue weighted by Crippen LogP contribution is 2.17. The summed E-state index contributed by atoms with van der Waals surface area (Å²) in [6, 6.07) is 13.9. The van der Waals surface area contributed by atoms with Crippen molar-refractivity contribution < 1.29 is 9.18 Å². The van der Waals surface area contributed by atoms with Crippen molar-refractivity contribution in [3.05, 3.63) is 88.8 Å². The van der Waals surface area contributed by atoms with Crippen LogP contribution in [0.5, 0.6) is 0 Å². The zero-order chi connectivity index (χ0) is 17.8. The predicted octanol–water partition coefficient (Wildman–Crippen LogP) is 2.63. The number of primary amides is 1. The standard InChI is InChI=1S/C19H15FN4O/c20-18-15(2-1-3-17(18)19(22)25)8-16-10-23-12-24(16)11-14-6-4-13(9-21)5-7-14/h1-7,10,12H,8,11H2,(H2,22,25). The molecule has 3 rings (SSSR count). The molecule has 0 atom stereocenters. The van der Waals surface area contributed by atoms with E-state index in [-0.39, 0.29) is 5.56 Å². The van der Waals surface area contributed by atoms with Crippen molar-refractivity contribution in [2.75, 3.05) is 0 Å². The molecule has 3 aromatic rings. The number of hydrogen-bond acceptors (Lipinski definition) is 3. The minimum Gasteiger partial charge on any atom is -0.366 e. The fraction of sp³-hybridized carbons (Fsp3) is 0.105. The molecule has 124 valence electrons. The maximum atomic E-state index is 14.4. The van der Waals surface area contributed by atoms with Crippen LogP contribution in [0.1, 0.15) is 32.7 Å². The lowest BCUT2D eigenvalue weighted by Crippen LogP contribution is -2.14. The number of imidazole rings is 1. The van der Waals surface area contributed by atoms with Crippen LogP contribution < -0.4 is 5.73 Å². The van der Waals surface area contributed by atoms with E-state index in [4.69, 9.17) is 11.0 Å². The second kappa shape index (κ2) is 6.97. The first-order valence-corrected chi connectivity index (χ1v) is 7.63. The van der Waals surface area contributed by atoms with Crippen LogP contribution in [0.3, 0.4) is 0 Å². The molecule has 25 heavy (non-hydrogen) atoms. The molecule has 0 radical (unpaired) electrons. The molecule has 0 saturated carbocycles. The zero-order valence-electron chi connectivity index (χ0n) is 13.3.